The van der Waals surface area contributed by atoms with Crippen molar-refractivity contribution in [3.8, 4) is 5.75 Å². The molecule has 160 valence electrons. The second kappa shape index (κ2) is 9.38. The lowest BCUT2D eigenvalue weighted by Crippen LogP contribution is -2.44. The molecule has 3 aromatic carbocycles. The third kappa shape index (κ3) is 4.66. The Bertz CT molecular complexity index is 1020. The Hall–Kier alpha value is -3.07. The summed E-state index contributed by atoms with van der Waals surface area (Å²) in [4.78, 5) is 13.4. The third-order valence-corrected chi connectivity index (χ3v) is 6.58. The van der Waals surface area contributed by atoms with Crippen LogP contribution in [0.2, 0.25) is 0 Å². The molecule has 4 rings (SSSR count). The van der Waals surface area contributed by atoms with Gasteiger partial charge in [-0.3, -0.25) is 4.79 Å². The van der Waals surface area contributed by atoms with Gasteiger partial charge in [0.2, 0.25) is 0 Å². The summed E-state index contributed by atoms with van der Waals surface area (Å²) in [6.07, 6.45) is 4.37. The van der Waals surface area contributed by atoms with Gasteiger partial charge in [0, 0.05) is 17.5 Å². The molecule has 31 heavy (non-hydrogen) atoms. The van der Waals surface area contributed by atoms with E-state index in [9.17, 15) is 4.79 Å². The number of carbonyl (C=O) groups excluding carboxylic acids is 1. The number of carbonyl (C=O) groups is 1. The van der Waals surface area contributed by atoms with Crippen molar-refractivity contribution in [3.05, 3.63) is 101 Å². The number of amides is 1. The van der Waals surface area contributed by atoms with E-state index in [0.717, 1.165) is 54.5 Å². The predicted molar refractivity (Wildman–Crippen MR) is 125 cm³/mol. The second-order valence-corrected chi connectivity index (χ2v) is 8.40. The molecule has 0 radical (unpaired) electrons. The first kappa shape index (κ1) is 21.2. The van der Waals surface area contributed by atoms with Crippen LogP contribution < -0.4 is 10.1 Å². The highest BCUT2D eigenvalue weighted by atomic mass is 16.5. The van der Waals surface area contributed by atoms with Crippen molar-refractivity contribution in [2.45, 2.75) is 57.6 Å². The molecule has 1 amide bonds. The van der Waals surface area contributed by atoms with Gasteiger partial charge in [-0.2, -0.15) is 0 Å². The highest BCUT2D eigenvalue weighted by Crippen LogP contribution is 2.42. The molecule has 0 saturated heterocycles. The molecule has 0 saturated carbocycles. The molecule has 1 heterocycles. The van der Waals surface area contributed by atoms with E-state index in [2.05, 4.69) is 55.6 Å². The first-order valence-corrected chi connectivity index (χ1v) is 11.3. The fraction of sp³-hybridized carbons (Fsp3) is 0.321. The number of fused-ring (bicyclic) bond motifs is 1. The molecule has 0 aromatic heterocycles. The molecule has 0 aliphatic carbocycles. The van der Waals surface area contributed by atoms with Gasteiger partial charge in [-0.1, -0.05) is 80.6 Å². The Morgan fingerprint density at radius 2 is 1.58 bits per heavy atom. The van der Waals surface area contributed by atoms with Gasteiger partial charge in [-0.15, -0.1) is 0 Å². The number of benzene rings is 3. The second-order valence-electron chi connectivity index (χ2n) is 8.40. The van der Waals surface area contributed by atoms with Crippen LogP contribution in [0.3, 0.4) is 0 Å². The number of hydrogen-bond donors (Lipinski definition) is 1. The predicted octanol–water partition coefficient (Wildman–Crippen LogP) is 6.28. The van der Waals surface area contributed by atoms with E-state index < -0.39 is 0 Å². The topological polar surface area (TPSA) is 38.3 Å². The van der Waals surface area contributed by atoms with Crippen molar-refractivity contribution in [1.82, 2.24) is 5.32 Å². The largest absolute Gasteiger partial charge is 0.487 e. The van der Waals surface area contributed by atoms with Crippen LogP contribution in [0.15, 0.2) is 78.9 Å². The number of nitrogens with one attached hydrogen (secondary N) is 1. The van der Waals surface area contributed by atoms with Crippen LogP contribution in [0, 0.1) is 0 Å². The minimum Gasteiger partial charge on any atom is -0.487 e. The van der Waals surface area contributed by atoms with Gasteiger partial charge >= 0.3 is 0 Å². The van der Waals surface area contributed by atoms with Crippen molar-refractivity contribution >= 4 is 5.91 Å². The van der Waals surface area contributed by atoms with Gasteiger partial charge in [0.25, 0.3) is 5.91 Å². The van der Waals surface area contributed by atoms with Gasteiger partial charge in [0.1, 0.15) is 11.4 Å². The summed E-state index contributed by atoms with van der Waals surface area (Å²) in [5, 5.41) is 3.33. The summed E-state index contributed by atoms with van der Waals surface area (Å²) >= 11 is 0. The van der Waals surface area contributed by atoms with E-state index >= 15 is 0 Å². The fourth-order valence-electron chi connectivity index (χ4n) is 4.55. The minimum atomic E-state index is -0.237. The molecule has 1 aliphatic heterocycles. The van der Waals surface area contributed by atoms with Crippen molar-refractivity contribution < 1.29 is 9.53 Å². The summed E-state index contributed by atoms with van der Waals surface area (Å²) in [7, 11) is 0. The van der Waals surface area contributed by atoms with E-state index in [1.54, 1.807) is 0 Å². The van der Waals surface area contributed by atoms with Crippen LogP contribution in [-0.2, 0) is 12.8 Å². The van der Waals surface area contributed by atoms with E-state index in [0.29, 0.717) is 0 Å². The lowest BCUT2D eigenvalue weighted by Gasteiger charge is -2.41. The number of aryl methyl sites for hydroxylation is 2. The van der Waals surface area contributed by atoms with Gasteiger partial charge in [0.15, 0.2) is 0 Å². The first-order valence-electron chi connectivity index (χ1n) is 11.3. The number of hydrogen-bond acceptors (Lipinski definition) is 2. The Morgan fingerprint density at radius 3 is 2.35 bits per heavy atom. The van der Waals surface area contributed by atoms with E-state index in [-0.39, 0.29) is 17.6 Å². The quantitative estimate of drug-likeness (QED) is 0.495. The van der Waals surface area contributed by atoms with E-state index in [4.69, 9.17) is 4.74 Å². The zero-order chi connectivity index (χ0) is 21.7. The third-order valence-electron chi connectivity index (χ3n) is 6.58. The summed E-state index contributed by atoms with van der Waals surface area (Å²) in [5.41, 5.74) is 3.96. The van der Waals surface area contributed by atoms with Crippen LogP contribution in [0.4, 0.5) is 0 Å². The molecule has 3 nitrogen and oxygen atoms in total. The summed E-state index contributed by atoms with van der Waals surface area (Å²) < 4.78 is 6.40. The average Bonchev–Trinajstić information content (AvgIpc) is 2.83. The SMILES string of the molecule is CCC1(CC)C[C@@H](NC(=O)c2ccccc2CCc2ccccc2)c2ccccc2O1. The van der Waals surface area contributed by atoms with E-state index in [1.807, 2.05) is 42.5 Å². The Labute approximate surface area is 185 Å². The Morgan fingerprint density at radius 1 is 0.903 bits per heavy atom. The highest BCUT2D eigenvalue weighted by Gasteiger charge is 2.39. The van der Waals surface area contributed by atoms with Crippen molar-refractivity contribution in [3.63, 3.8) is 0 Å². The van der Waals surface area contributed by atoms with Crippen molar-refractivity contribution in [1.29, 1.82) is 0 Å². The van der Waals surface area contributed by atoms with Crippen molar-refractivity contribution in [2.75, 3.05) is 0 Å². The van der Waals surface area contributed by atoms with Crippen LogP contribution in [0.1, 0.15) is 66.2 Å². The smallest absolute Gasteiger partial charge is 0.252 e. The summed E-state index contributed by atoms with van der Waals surface area (Å²) in [6.45, 7) is 4.32. The zero-order valence-electron chi connectivity index (χ0n) is 18.4. The average molecular weight is 414 g/mol. The van der Waals surface area contributed by atoms with Crippen LogP contribution >= 0.6 is 0 Å². The minimum absolute atomic E-state index is 0.00790. The Balaban J connectivity index is 1.55. The number of para-hydroxylation sites is 1. The van der Waals surface area contributed by atoms with Gasteiger partial charge in [0.05, 0.1) is 6.04 Å². The molecule has 1 aliphatic rings. The van der Waals surface area contributed by atoms with Gasteiger partial charge < -0.3 is 10.1 Å². The lowest BCUT2D eigenvalue weighted by molar-refractivity contribution is 0.0227. The molecule has 0 fully saturated rings. The van der Waals surface area contributed by atoms with E-state index in [1.165, 1.54) is 5.56 Å². The monoisotopic (exact) mass is 413 g/mol. The van der Waals surface area contributed by atoms with Crippen LogP contribution in [0.25, 0.3) is 0 Å². The molecule has 0 spiro atoms. The highest BCUT2D eigenvalue weighted by molar-refractivity contribution is 5.96. The fourth-order valence-corrected chi connectivity index (χ4v) is 4.55. The maximum atomic E-state index is 13.4. The standard InChI is InChI=1S/C28H31NO2/c1-3-28(4-2)20-25(24-16-10-11-17-26(24)31-28)29-27(30)23-15-9-8-14-22(23)19-18-21-12-6-5-7-13-21/h5-17,25H,3-4,18-20H2,1-2H3,(H,29,30)/t25-/m1/s1. The summed E-state index contributed by atoms with van der Waals surface area (Å²) in [5.74, 6) is 0.881. The zero-order valence-corrected chi connectivity index (χ0v) is 18.4. The lowest BCUT2D eigenvalue weighted by atomic mass is 9.83. The number of rotatable bonds is 7. The van der Waals surface area contributed by atoms with Crippen molar-refractivity contribution in [2.24, 2.45) is 0 Å². The molecule has 3 heteroatoms. The molecule has 3 aromatic rings. The van der Waals surface area contributed by atoms with Crippen LogP contribution in [0.5, 0.6) is 5.75 Å². The normalized spacial score (nSPS) is 16.8. The van der Waals surface area contributed by atoms with Crippen LogP contribution in [-0.4, -0.2) is 11.5 Å². The molecule has 0 bridgehead atoms. The Kier molecular flexibility index (Phi) is 6.41. The molecular formula is C28H31NO2. The molecular weight excluding hydrogens is 382 g/mol. The molecule has 0 unspecified atom stereocenters. The molecule has 1 atom stereocenters. The summed E-state index contributed by atoms with van der Waals surface area (Å²) in [6, 6.07) is 26.4. The van der Waals surface area contributed by atoms with Gasteiger partial charge in [-0.25, -0.2) is 0 Å². The maximum Gasteiger partial charge on any atom is 0.252 e. The maximum absolute atomic E-state index is 13.4. The number of ether oxygens (including phenoxy) is 1. The molecule has 1 N–H and O–H groups in total. The first-order chi connectivity index (χ1) is 15.1. The van der Waals surface area contributed by atoms with Gasteiger partial charge in [-0.05, 0) is 48.9 Å².